The quantitative estimate of drug-likeness (QED) is 0.831. The third-order valence-electron chi connectivity index (χ3n) is 3.64. The van der Waals surface area contributed by atoms with Gasteiger partial charge >= 0.3 is 0 Å². The Hall–Kier alpha value is -2.20. The zero-order chi connectivity index (χ0) is 16.1. The highest BCUT2D eigenvalue weighted by Gasteiger charge is 2.10. The first-order chi connectivity index (χ1) is 10.5. The molecule has 0 saturated carbocycles. The number of aliphatic hydroxyl groups is 1. The van der Waals surface area contributed by atoms with Crippen molar-refractivity contribution in [2.45, 2.75) is 33.3 Å². The molecule has 0 aliphatic rings. The second kappa shape index (κ2) is 7.18. The van der Waals surface area contributed by atoms with Crippen LogP contribution in [-0.2, 0) is 0 Å². The van der Waals surface area contributed by atoms with Gasteiger partial charge in [-0.05, 0) is 38.0 Å². The van der Waals surface area contributed by atoms with Crippen LogP contribution in [0.2, 0.25) is 0 Å². The van der Waals surface area contributed by atoms with E-state index < -0.39 is 0 Å². The SMILES string of the molecule is Cc1nc(OCC[C@H](C)O)ccc1-c1cccc(C=O)c1C. The fraction of sp³-hybridized carbons (Fsp3) is 0.333. The van der Waals surface area contributed by atoms with E-state index in [1.54, 1.807) is 6.92 Å². The third-order valence-corrected chi connectivity index (χ3v) is 3.64. The largest absolute Gasteiger partial charge is 0.478 e. The molecule has 2 rings (SSSR count). The lowest BCUT2D eigenvalue weighted by Crippen LogP contribution is -2.08. The fourth-order valence-corrected chi connectivity index (χ4v) is 2.31. The van der Waals surface area contributed by atoms with Crippen molar-refractivity contribution in [3.63, 3.8) is 0 Å². The van der Waals surface area contributed by atoms with Gasteiger partial charge in [0.25, 0.3) is 0 Å². The highest BCUT2D eigenvalue weighted by molar-refractivity contribution is 5.83. The molecule has 0 bridgehead atoms. The van der Waals surface area contributed by atoms with Crippen LogP contribution >= 0.6 is 0 Å². The summed E-state index contributed by atoms with van der Waals surface area (Å²) in [5.41, 5.74) is 4.48. The second-order valence-corrected chi connectivity index (χ2v) is 5.41. The number of rotatable bonds is 6. The van der Waals surface area contributed by atoms with Crippen molar-refractivity contribution in [1.82, 2.24) is 4.98 Å². The number of benzene rings is 1. The van der Waals surface area contributed by atoms with Gasteiger partial charge in [-0.1, -0.05) is 18.2 Å². The molecule has 1 aromatic carbocycles. The van der Waals surface area contributed by atoms with Gasteiger partial charge in [-0.15, -0.1) is 0 Å². The number of carbonyl (C=O) groups excluding carboxylic acids is 1. The van der Waals surface area contributed by atoms with E-state index in [1.807, 2.05) is 44.2 Å². The van der Waals surface area contributed by atoms with Crippen LogP contribution < -0.4 is 4.74 Å². The van der Waals surface area contributed by atoms with Gasteiger partial charge in [-0.2, -0.15) is 0 Å². The van der Waals surface area contributed by atoms with E-state index in [4.69, 9.17) is 4.74 Å². The van der Waals surface area contributed by atoms with Crippen LogP contribution in [0.5, 0.6) is 5.88 Å². The average Bonchev–Trinajstić information content (AvgIpc) is 2.48. The van der Waals surface area contributed by atoms with Crippen molar-refractivity contribution >= 4 is 6.29 Å². The zero-order valence-electron chi connectivity index (χ0n) is 13.2. The van der Waals surface area contributed by atoms with Crippen molar-refractivity contribution in [1.29, 1.82) is 0 Å². The van der Waals surface area contributed by atoms with E-state index in [1.165, 1.54) is 0 Å². The number of carbonyl (C=O) groups is 1. The van der Waals surface area contributed by atoms with Crippen LogP contribution in [0.1, 0.15) is 35.0 Å². The lowest BCUT2D eigenvalue weighted by atomic mass is 9.96. The molecule has 0 amide bonds. The molecule has 0 radical (unpaired) electrons. The van der Waals surface area contributed by atoms with Crippen molar-refractivity contribution in [2.75, 3.05) is 6.61 Å². The first kappa shape index (κ1) is 16.2. The summed E-state index contributed by atoms with van der Waals surface area (Å²) in [6.07, 6.45) is 1.06. The number of aldehydes is 1. The Labute approximate surface area is 130 Å². The van der Waals surface area contributed by atoms with Gasteiger partial charge < -0.3 is 9.84 Å². The number of aliphatic hydroxyl groups excluding tert-OH is 1. The minimum Gasteiger partial charge on any atom is -0.478 e. The summed E-state index contributed by atoms with van der Waals surface area (Å²) in [5, 5.41) is 9.23. The smallest absolute Gasteiger partial charge is 0.213 e. The Morgan fingerprint density at radius 1 is 1.23 bits per heavy atom. The number of ether oxygens (including phenoxy) is 1. The van der Waals surface area contributed by atoms with Crippen molar-refractivity contribution in [2.24, 2.45) is 0 Å². The molecule has 22 heavy (non-hydrogen) atoms. The fourth-order valence-electron chi connectivity index (χ4n) is 2.31. The average molecular weight is 299 g/mol. The van der Waals surface area contributed by atoms with E-state index in [9.17, 15) is 9.90 Å². The van der Waals surface area contributed by atoms with E-state index in [-0.39, 0.29) is 6.10 Å². The van der Waals surface area contributed by atoms with Crippen LogP contribution in [0.25, 0.3) is 11.1 Å². The highest BCUT2D eigenvalue weighted by atomic mass is 16.5. The molecule has 0 aliphatic heterocycles. The molecule has 1 aromatic heterocycles. The Morgan fingerprint density at radius 3 is 2.64 bits per heavy atom. The van der Waals surface area contributed by atoms with E-state index >= 15 is 0 Å². The van der Waals surface area contributed by atoms with Gasteiger partial charge in [0.1, 0.15) is 6.29 Å². The molecule has 0 fully saturated rings. The number of aromatic nitrogens is 1. The minimum atomic E-state index is -0.380. The number of hydrogen-bond acceptors (Lipinski definition) is 4. The molecule has 1 heterocycles. The molecule has 4 heteroatoms. The molecule has 0 aliphatic carbocycles. The summed E-state index contributed by atoms with van der Waals surface area (Å²) in [6, 6.07) is 9.44. The van der Waals surface area contributed by atoms with Crippen LogP contribution in [-0.4, -0.2) is 29.1 Å². The molecule has 0 saturated heterocycles. The summed E-state index contributed by atoms with van der Waals surface area (Å²) in [5.74, 6) is 0.547. The summed E-state index contributed by atoms with van der Waals surface area (Å²) in [6.45, 7) is 6.02. The second-order valence-electron chi connectivity index (χ2n) is 5.41. The highest BCUT2D eigenvalue weighted by Crippen LogP contribution is 2.28. The number of nitrogens with zero attached hydrogens (tertiary/aromatic N) is 1. The molecule has 0 spiro atoms. The number of aryl methyl sites for hydroxylation is 1. The molecule has 116 valence electrons. The van der Waals surface area contributed by atoms with Crippen LogP contribution in [0.3, 0.4) is 0 Å². The Morgan fingerprint density at radius 2 is 2.00 bits per heavy atom. The van der Waals surface area contributed by atoms with Gasteiger partial charge in [0.05, 0.1) is 12.7 Å². The van der Waals surface area contributed by atoms with Gasteiger partial charge in [-0.3, -0.25) is 4.79 Å². The zero-order valence-corrected chi connectivity index (χ0v) is 13.2. The summed E-state index contributed by atoms with van der Waals surface area (Å²) >= 11 is 0. The Bertz CT molecular complexity index is 665. The molecule has 0 unspecified atom stereocenters. The first-order valence-electron chi connectivity index (χ1n) is 7.36. The monoisotopic (exact) mass is 299 g/mol. The van der Waals surface area contributed by atoms with Gasteiger partial charge in [0.2, 0.25) is 5.88 Å². The van der Waals surface area contributed by atoms with Gasteiger partial charge in [0, 0.05) is 29.3 Å². The maximum Gasteiger partial charge on any atom is 0.213 e. The topological polar surface area (TPSA) is 59.4 Å². The molecule has 1 N–H and O–H groups in total. The predicted octanol–water partition coefficient (Wildman–Crippen LogP) is 3.33. The van der Waals surface area contributed by atoms with Crippen LogP contribution in [0.4, 0.5) is 0 Å². The van der Waals surface area contributed by atoms with Crippen molar-refractivity contribution < 1.29 is 14.6 Å². The third kappa shape index (κ3) is 3.71. The molecule has 2 aromatic rings. The van der Waals surface area contributed by atoms with Crippen LogP contribution in [0, 0.1) is 13.8 Å². The van der Waals surface area contributed by atoms with E-state index in [0.717, 1.165) is 28.7 Å². The lowest BCUT2D eigenvalue weighted by molar-refractivity contribution is 0.112. The normalized spacial score (nSPS) is 12.0. The van der Waals surface area contributed by atoms with Crippen LogP contribution in [0.15, 0.2) is 30.3 Å². The minimum absolute atomic E-state index is 0.380. The number of pyridine rings is 1. The predicted molar refractivity (Wildman–Crippen MR) is 86.3 cm³/mol. The molecular weight excluding hydrogens is 278 g/mol. The van der Waals surface area contributed by atoms with Crippen molar-refractivity contribution in [3.05, 3.63) is 47.2 Å². The summed E-state index contributed by atoms with van der Waals surface area (Å²) in [7, 11) is 0. The summed E-state index contributed by atoms with van der Waals surface area (Å²) < 4.78 is 5.54. The van der Waals surface area contributed by atoms with E-state index in [0.29, 0.717) is 24.5 Å². The van der Waals surface area contributed by atoms with Gasteiger partial charge in [0.15, 0.2) is 0 Å². The standard InChI is InChI=1S/C18H21NO3/c1-12(21)9-10-22-18-8-7-17(14(3)19-18)16-6-4-5-15(11-20)13(16)2/h4-8,11-12,21H,9-10H2,1-3H3/t12-/m0/s1. The maximum absolute atomic E-state index is 11.1. The Kier molecular flexibility index (Phi) is 5.28. The molecule has 4 nitrogen and oxygen atoms in total. The Balaban J connectivity index is 2.25. The maximum atomic E-state index is 11.1. The molecule has 1 atom stereocenters. The number of hydrogen-bond donors (Lipinski definition) is 1. The van der Waals surface area contributed by atoms with Crippen molar-refractivity contribution in [3.8, 4) is 17.0 Å². The van der Waals surface area contributed by atoms with E-state index in [2.05, 4.69) is 4.98 Å². The summed E-state index contributed by atoms with van der Waals surface area (Å²) in [4.78, 5) is 15.5. The van der Waals surface area contributed by atoms with Gasteiger partial charge in [-0.25, -0.2) is 4.98 Å². The first-order valence-corrected chi connectivity index (χ1v) is 7.36. The molecular formula is C18H21NO3. The lowest BCUT2D eigenvalue weighted by Gasteiger charge is -2.12.